The van der Waals surface area contributed by atoms with E-state index < -0.39 is 47.9 Å². The number of benzene rings is 2. The van der Waals surface area contributed by atoms with E-state index in [1.165, 1.54) is 32.0 Å². The van der Waals surface area contributed by atoms with Crippen molar-refractivity contribution in [1.82, 2.24) is 36.3 Å². The zero-order valence-electron chi connectivity index (χ0n) is 23.7. The van der Waals surface area contributed by atoms with E-state index in [-0.39, 0.29) is 30.9 Å². The summed E-state index contributed by atoms with van der Waals surface area (Å²) in [5.41, 5.74) is 1.45. The molecule has 4 atom stereocenters. The largest absolute Gasteiger partial charge is 0.493 e. The van der Waals surface area contributed by atoms with Crippen molar-refractivity contribution in [2.24, 2.45) is 0 Å². The summed E-state index contributed by atoms with van der Waals surface area (Å²) in [5, 5.41) is 29.4. The number of nitrogens with zero attached hydrogens (tertiary/aromatic N) is 3. The van der Waals surface area contributed by atoms with Crippen molar-refractivity contribution in [2.75, 3.05) is 6.61 Å². The molecule has 0 fully saturated rings. The lowest BCUT2D eigenvalue weighted by Gasteiger charge is -2.26. The third-order valence-corrected chi connectivity index (χ3v) is 6.96. The maximum Gasteiger partial charge on any atom is 0.255 e. The van der Waals surface area contributed by atoms with Gasteiger partial charge in [0, 0.05) is 24.4 Å². The summed E-state index contributed by atoms with van der Waals surface area (Å²) < 4.78 is 7.44. The van der Waals surface area contributed by atoms with Gasteiger partial charge in [-0.25, -0.2) is 0 Å². The van der Waals surface area contributed by atoms with Crippen LogP contribution in [0.3, 0.4) is 0 Å². The average Bonchev–Trinajstić information content (AvgIpc) is 3.43. The van der Waals surface area contributed by atoms with Crippen molar-refractivity contribution in [2.45, 2.75) is 64.0 Å². The number of aliphatic hydroxyl groups excluding tert-OH is 1. The topological polar surface area (TPSA) is 177 Å². The molecule has 4 amide bonds. The molecule has 0 spiro atoms. The fraction of sp³-hybridized carbons (Fsp3) is 0.379. The predicted octanol–water partition coefficient (Wildman–Crippen LogP) is 0.742. The molecule has 1 aromatic heterocycles. The molecule has 0 radical (unpaired) electrons. The van der Waals surface area contributed by atoms with Gasteiger partial charge in [-0.05, 0) is 37.6 Å². The molecule has 1 aliphatic rings. The molecule has 0 aliphatic carbocycles. The van der Waals surface area contributed by atoms with Gasteiger partial charge in [0.15, 0.2) is 0 Å². The summed E-state index contributed by atoms with van der Waals surface area (Å²) in [6.45, 7) is 3.52. The van der Waals surface area contributed by atoms with Gasteiger partial charge in [-0.2, -0.15) is 0 Å². The molecule has 1 aliphatic heterocycles. The van der Waals surface area contributed by atoms with Gasteiger partial charge in [-0.3, -0.25) is 23.9 Å². The Balaban J connectivity index is 1.60. The van der Waals surface area contributed by atoms with E-state index in [9.17, 15) is 24.3 Å². The van der Waals surface area contributed by atoms with Crippen LogP contribution in [0, 0.1) is 0 Å². The third-order valence-electron chi connectivity index (χ3n) is 6.73. The number of aryl methyl sites for hydroxylation is 1. The van der Waals surface area contributed by atoms with E-state index >= 15 is 0 Å². The van der Waals surface area contributed by atoms with Crippen LogP contribution in [0.15, 0.2) is 54.7 Å². The average molecular weight is 612 g/mol. The van der Waals surface area contributed by atoms with Gasteiger partial charge < -0.3 is 31.1 Å². The first-order valence-corrected chi connectivity index (χ1v) is 14.2. The molecule has 14 heteroatoms. The van der Waals surface area contributed by atoms with Crippen LogP contribution in [-0.2, 0) is 33.9 Å². The number of aliphatic hydroxyl groups is 1. The minimum atomic E-state index is -1.42. The number of nitrogens with one attached hydrogen (secondary N) is 4. The zero-order valence-corrected chi connectivity index (χ0v) is 24.5. The van der Waals surface area contributed by atoms with E-state index in [1.54, 1.807) is 10.9 Å². The molecule has 2 aromatic carbocycles. The van der Waals surface area contributed by atoms with Crippen LogP contribution in [0.1, 0.15) is 41.9 Å². The number of ether oxygens (including phenoxy) is 1. The van der Waals surface area contributed by atoms with Gasteiger partial charge >= 0.3 is 0 Å². The summed E-state index contributed by atoms with van der Waals surface area (Å²) in [4.78, 5) is 52.7. The molecular weight excluding hydrogens is 578 g/mol. The number of rotatable bonds is 3. The summed E-state index contributed by atoms with van der Waals surface area (Å²) in [6.07, 6.45) is 1.04. The summed E-state index contributed by atoms with van der Waals surface area (Å²) >= 11 is 6.13. The van der Waals surface area contributed by atoms with Crippen LogP contribution in [0.4, 0.5) is 0 Å². The lowest BCUT2D eigenvalue weighted by molar-refractivity contribution is -0.134. The number of amides is 4. The van der Waals surface area contributed by atoms with E-state index in [4.69, 9.17) is 16.3 Å². The molecule has 228 valence electrons. The molecule has 0 unspecified atom stereocenters. The Morgan fingerprint density at radius 3 is 2.56 bits per heavy atom. The fourth-order valence-electron chi connectivity index (χ4n) is 4.39. The molecule has 4 rings (SSSR count). The third kappa shape index (κ3) is 8.75. The Bertz CT molecular complexity index is 1450. The van der Waals surface area contributed by atoms with E-state index in [0.717, 1.165) is 5.56 Å². The fourth-order valence-corrected chi connectivity index (χ4v) is 4.55. The first kappa shape index (κ1) is 31.4. The second-order valence-electron chi connectivity index (χ2n) is 10.2. The molecular formula is C29H34ClN7O6. The SMILES string of the molecule is C[C@H]1NC(=O)c2ccc(Cl)cc2OCCCn2cc(nn2)CNC(=O)[C@@H](Cc2ccccc2)NC(=O)[C@H]([C@@H](C)O)NC1=O. The van der Waals surface area contributed by atoms with Crippen molar-refractivity contribution in [3.63, 3.8) is 0 Å². The van der Waals surface area contributed by atoms with E-state index in [1.807, 2.05) is 30.3 Å². The number of carbonyl (C=O) groups excluding carboxylic acids is 4. The van der Waals surface area contributed by atoms with Crippen molar-refractivity contribution in [3.05, 3.63) is 76.6 Å². The van der Waals surface area contributed by atoms with Crippen LogP contribution in [0.2, 0.25) is 5.02 Å². The Labute approximate surface area is 253 Å². The summed E-state index contributed by atoms with van der Waals surface area (Å²) in [7, 11) is 0. The van der Waals surface area contributed by atoms with Crippen LogP contribution in [0.5, 0.6) is 5.75 Å². The normalized spacial score (nSPS) is 21.5. The summed E-state index contributed by atoms with van der Waals surface area (Å²) in [6, 6.07) is 10.1. The first-order chi connectivity index (χ1) is 20.6. The molecule has 5 N–H and O–H groups in total. The molecule has 2 bridgehead atoms. The number of aromatic nitrogens is 3. The smallest absolute Gasteiger partial charge is 0.255 e. The second kappa shape index (κ2) is 14.6. The van der Waals surface area contributed by atoms with Crippen LogP contribution in [0.25, 0.3) is 0 Å². The molecule has 3 aromatic rings. The molecule has 0 saturated heterocycles. The number of fused-ring (bicyclic) bond motifs is 3. The minimum Gasteiger partial charge on any atom is -0.493 e. The van der Waals surface area contributed by atoms with E-state index in [2.05, 4.69) is 31.6 Å². The highest BCUT2D eigenvalue weighted by Gasteiger charge is 2.32. The van der Waals surface area contributed by atoms with Gasteiger partial charge in [0.1, 0.15) is 29.6 Å². The highest BCUT2D eigenvalue weighted by atomic mass is 35.5. The molecule has 43 heavy (non-hydrogen) atoms. The van der Waals surface area contributed by atoms with Crippen LogP contribution in [-0.4, -0.2) is 74.6 Å². The van der Waals surface area contributed by atoms with E-state index in [0.29, 0.717) is 23.7 Å². The zero-order chi connectivity index (χ0) is 30.9. The lowest BCUT2D eigenvalue weighted by Crippen LogP contribution is -2.59. The molecule has 13 nitrogen and oxygen atoms in total. The van der Waals surface area contributed by atoms with Gasteiger partial charge in [0.2, 0.25) is 17.7 Å². The number of carbonyl (C=O) groups is 4. The Morgan fingerprint density at radius 1 is 1.05 bits per heavy atom. The number of hydrogen-bond donors (Lipinski definition) is 5. The standard InChI is InChI=1S/C29H34ClN7O6/c1-17-26(39)34-25(18(2)38)29(42)33-23(13-19-7-4-3-5-8-19)28(41)31-15-21-16-37(36-35-21)11-6-12-43-24-14-20(30)9-10-22(24)27(40)32-17/h3-5,7-10,14,16-18,23,25,38H,6,11-13,15H2,1-2H3,(H,31,41)(H,32,40)(H,33,42)(H,34,39)/t17-,18-,23-,25+/m1/s1. The Kier molecular flexibility index (Phi) is 10.7. The van der Waals surface area contributed by atoms with Crippen LogP contribution < -0.4 is 26.0 Å². The molecule has 0 saturated carbocycles. The van der Waals surface area contributed by atoms with Gasteiger partial charge in [-0.15, -0.1) is 5.10 Å². The van der Waals surface area contributed by atoms with Gasteiger partial charge in [0.25, 0.3) is 5.91 Å². The maximum atomic E-state index is 13.3. The predicted molar refractivity (Wildman–Crippen MR) is 156 cm³/mol. The van der Waals surface area contributed by atoms with Gasteiger partial charge in [0.05, 0.1) is 31.0 Å². The van der Waals surface area contributed by atoms with Crippen molar-refractivity contribution in [3.8, 4) is 5.75 Å². The molecule has 2 heterocycles. The summed E-state index contributed by atoms with van der Waals surface area (Å²) in [5.74, 6) is -2.35. The minimum absolute atomic E-state index is 0.0598. The van der Waals surface area contributed by atoms with Gasteiger partial charge in [-0.1, -0.05) is 47.1 Å². The highest BCUT2D eigenvalue weighted by molar-refractivity contribution is 6.30. The Morgan fingerprint density at radius 2 is 1.81 bits per heavy atom. The lowest BCUT2D eigenvalue weighted by atomic mass is 10.0. The van der Waals surface area contributed by atoms with Crippen LogP contribution >= 0.6 is 11.6 Å². The maximum absolute atomic E-state index is 13.3. The van der Waals surface area contributed by atoms with Crippen molar-refractivity contribution in [1.29, 1.82) is 0 Å². The first-order valence-electron chi connectivity index (χ1n) is 13.8. The number of halogens is 1. The quantitative estimate of drug-likeness (QED) is 0.288. The monoisotopic (exact) mass is 611 g/mol. The van der Waals surface area contributed by atoms with Crippen molar-refractivity contribution >= 4 is 35.2 Å². The van der Waals surface area contributed by atoms with Crippen molar-refractivity contribution < 1.29 is 29.0 Å². The number of hydrogen-bond acceptors (Lipinski definition) is 8. The second-order valence-corrected chi connectivity index (χ2v) is 10.6. The Hall–Kier alpha value is -4.49. The highest BCUT2D eigenvalue weighted by Crippen LogP contribution is 2.24.